The highest BCUT2D eigenvalue weighted by Gasteiger charge is 2.32. The Morgan fingerprint density at radius 3 is 2.67 bits per heavy atom. The second-order valence-corrected chi connectivity index (χ2v) is 5.26. The number of hydrazine groups is 1. The molecule has 2 aliphatic heterocycles. The van der Waals surface area contributed by atoms with E-state index in [1.807, 2.05) is 0 Å². The number of nitrogens with two attached hydrogens (primary N) is 1. The molecule has 2 atom stereocenters. The zero-order valence-corrected chi connectivity index (χ0v) is 10.7. The number of rotatable bonds is 4. The van der Waals surface area contributed by atoms with Gasteiger partial charge in [0.1, 0.15) is 6.10 Å². The van der Waals surface area contributed by atoms with Gasteiger partial charge in [-0.3, -0.25) is 10.2 Å². The average molecular weight is 257 g/mol. The number of aliphatic hydroxyl groups is 1. The number of carbonyl (C=O) groups excluding carboxylic acids is 1. The molecule has 2 fully saturated rings. The Labute approximate surface area is 107 Å². The van der Waals surface area contributed by atoms with Gasteiger partial charge in [-0.1, -0.05) is 0 Å². The van der Waals surface area contributed by atoms with E-state index in [1.54, 1.807) is 0 Å². The molecule has 104 valence electrons. The predicted octanol–water partition coefficient (Wildman–Crippen LogP) is -0.772. The number of hydrogen-bond donors (Lipinski definition) is 3. The van der Waals surface area contributed by atoms with Crippen LogP contribution >= 0.6 is 0 Å². The van der Waals surface area contributed by atoms with Crippen LogP contribution in [0.4, 0.5) is 0 Å². The van der Waals surface area contributed by atoms with Crippen molar-refractivity contribution in [2.75, 3.05) is 26.2 Å². The molecular weight excluding hydrogens is 234 g/mol. The molecule has 0 radical (unpaired) electrons. The highest BCUT2D eigenvalue weighted by Crippen LogP contribution is 2.23. The van der Waals surface area contributed by atoms with Crippen LogP contribution in [-0.2, 0) is 9.53 Å². The molecule has 1 amide bonds. The number of piperidine rings is 1. The maximum atomic E-state index is 11.3. The first-order chi connectivity index (χ1) is 8.72. The van der Waals surface area contributed by atoms with Crippen molar-refractivity contribution in [3.05, 3.63) is 0 Å². The summed E-state index contributed by atoms with van der Waals surface area (Å²) < 4.78 is 5.69. The standard InChI is InChI=1S/C12H23N3O3/c13-14-12(17)11-2-1-10(18-11)7-15-5-3-9(8-16)4-6-15/h9-11,16H,1-8,13H2,(H,14,17). The third-order valence-electron chi connectivity index (χ3n) is 3.97. The van der Waals surface area contributed by atoms with Crippen molar-refractivity contribution < 1.29 is 14.6 Å². The minimum absolute atomic E-state index is 0.137. The zero-order chi connectivity index (χ0) is 13.0. The first kappa shape index (κ1) is 13.7. The van der Waals surface area contributed by atoms with Crippen LogP contribution in [0.2, 0.25) is 0 Å². The Bertz CT molecular complexity index is 280. The van der Waals surface area contributed by atoms with Crippen molar-refractivity contribution in [1.82, 2.24) is 10.3 Å². The first-order valence-corrected chi connectivity index (χ1v) is 6.72. The number of nitrogens with zero attached hydrogens (tertiary/aromatic N) is 1. The molecule has 0 bridgehead atoms. The van der Waals surface area contributed by atoms with E-state index in [0.29, 0.717) is 12.5 Å². The minimum Gasteiger partial charge on any atom is -0.396 e. The predicted molar refractivity (Wildman–Crippen MR) is 66.5 cm³/mol. The SMILES string of the molecule is NNC(=O)C1CCC(CN2CCC(CO)CC2)O1. The summed E-state index contributed by atoms with van der Waals surface area (Å²) in [7, 11) is 0. The molecule has 6 nitrogen and oxygen atoms in total. The lowest BCUT2D eigenvalue weighted by atomic mass is 9.97. The third kappa shape index (κ3) is 3.41. The molecule has 0 aromatic heterocycles. The topological polar surface area (TPSA) is 87.8 Å². The normalized spacial score (nSPS) is 30.6. The van der Waals surface area contributed by atoms with Gasteiger partial charge in [-0.15, -0.1) is 0 Å². The summed E-state index contributed by atoms with van der Waals surface area (Å²) in [4.78, 5) is 13.7. The molecule has 0 spiro atoms. The van der Waals surface area contributed by atoms with E-state index < -0.39 is 0 Å². The van der Waals surface area contributed by atoms with Crippen LogP contribution in [0.1, 0.15) is 25.7 Å². The second-order valence-electron chi connectivity index (χ2n) is 5.26. The molecule has 4 N–H and O–H groups in total. The van der Waals surface area contributed by atoms with E-state index in [4.69, 9.17) is 15.7 Å². The molecule has 0 saturated carbocycles. The lowest BCUT2D eigenvalue weighted by molar-refractivity contribution is -0.132. The fourth-order valence-electron chi connectivity index (χ4n) is 2.77. The Kier molecular flexibility index (Phi) is 4.94. The van der Waals surface area contributed by atoms with Gasteiger partial charge < -0.3 is 14.7 Å². The molecule has 2 saturated heterocycles. The molecule has 0 aliphatic carbocycles. The van der Waals surface area contributed by atoms with Crippen molar-refractivity contribution in [2.45, 2.75) is 37.9 Å². The summed E-state index contributed by atoms with van der Waals surface area (Å²) in [6.45, 7) is 3.21. The molecule has 0 aromatic rings. The van der Waals surface area contributed by atoms with Crippen molar-refractivity contribution in [1.29, 1.82) is 0 Å². The molecule has 2 aliphatic rings. The number of nitrogens with one attached hydrogen (secondary N) is 1. The van der Waals surface area contributed by atoms with Gasteiger partial charge in [0.2, 0.25) is 0 Å². The van der Waals surface area contributed by atoms with Gasteiger partial charge in [0.15, 0.2) is 0 Å². The van der Waals surface area contributed by atoms with Crippen LogP contribution < -0.4 is 11.3 Å². The van der Waals surface area contributed by atoms with E-state index >= 15 is 0 Å². The van der Waals surface area contributed by atoms with E-state index in [0.717, 1.165) is 45.3 Å². The first-order valence-electron chi connectivity index (χ1n) is 6.72. The van der Waals surface area contributed by atoms with Gasteiger partial charge in [0, 0.05) is 13.2 Å². The monoisotopic (exact) mass is 257 g/mol. The number of hydrogen-bond acceptors (Lipinski definition) is 5. The highest BCUT2D eigenvalue weighted by atomic mass is 16.5. The Morgan fingerprint density at radius 2 is 2.06 bits per heavy atom. The van der Waals surface area contributed by atoms with E-state index in [1.165, 1.54) is 0 Å². The van der Waals surface area contributed by atoms with Gasteiger partial charge in [-0.2, -0.15) is 0 Å². The summed E-state index contributed by atoms with van der Waals surface area (Å²) in [5.74, 6) is 5.33. The fraction of sp³-hybridized carbons (Fsp3) is 0.917. The van der Waals surface area contributed by atoms with Gasteiger partial charge in [-0.05, 0) is 44.7 Å². The van der Waals surface area contributed by atoms with Crippen LogP contribution in [0.15, 0.2) is 0 Å². The van der Waals surface area contributed by atoms with Gasteiger partial charge >= 0.3 is 0 Å². The summed E-state index contributed by atoms with van der Waals surface area (Å²) in [6.07, 6.45) is 3.53. The maximum Gasteiger partial charge on any atom is 0.263 e. The van der Waals surface area contributed by atoms with Crippen LogP contribution in [0.3, 0.4) is 0 Å². The second kappa shape index (κ2) is 6.47. The lowest BCUT2D eigenvalue weighted by Gasteiger charge is -2.32. The quantitative estimate of drug-likeness (QED) is 0.350. The molecule has 2 unspecified atom stereocenters. The van der Waals surface area contributed by atoms with E-state index in [2.05, 4.69) is 10.3 Å². The molecule has 18 heavy (non-hydrogen) atoms. The smallest absolute Gasteiger partial charge is 0.263 e. The Balaban J connectivity index is 1.70. The van der Waals surface area contributed by atoms with Crippen molar-refractivity contribution in [3.8, 4) is 0 Å². The van der Waals surface area contributed by atoms with Crippen LogP contribution in [0.25, 0.3) is 0 Å². The van der Waals surface area contributed by atoms with E-state index in [-0.39, 0.29) is 18.1 Å². The number of amides is 1. The zero-order valence-electron chi connectivity index (χ0n) is 10.7. The summed E-state index contributed by atoms with van der Waals surface area (Å²) >= 11 is 0. The van der Waals surface area contributed by atoms with Crippen molar-refractivity contribution >= 4 is 5.91 Å². The number of likely N-dealkylation sites (tertiary alicyclic amines) is 1. The molecule has 6 heteroatoms. The molecule has 0 aromatic carbocycles. The van der Waals surface area contributed by atoms with Gasteiger partial charge in [0.05, 0.1) is 6.10 Å². The summed E-state index contributed by atoms with van der Waals surface area (Å²) in [6, 6.07) is 0. The average Bonchev–Trinajstić information content (AvgIpc) is 2.87. The number of aliphatic hydroxyl groups excluding tert-OH is 1. The minimum atomic E-state index is -0.380. The largest absolute Gasteiger partial charge is 0.396 e. The Hall–Kier alpha value is -0.690. The molecule has 2 heterocycles. The molecule has 2 rings (SSSR count). The molecular formula is C12H23N3O3. The highest BCUT2D eigenvalue weighted by molar-refractivity contribution is 5.80. The number of ether oxygens (including phenoxy) is 1. The van der Waals surface area contributed by atoms with Crippen LogP contribution in [-0.4, -0.2) is 54.4 Å². The summed E-state index contributed by atoms with van der Waals surface area (Å²) in [5.41, 5.74) is 2.14. The Morgan fingerprint density at radius 1 is 1.33 bits per heavy atom. The summed E-state index contributed by atoms with van der Waals surface area (Å²) in [5, 5.41) is 9.08. The number of carbonyl (C=O) groups is 1. The van der Waals surface area contributed by atoms with Crippen LogP contribution in [0.5, 0.6) is 0 Å². The fourth-order valence-corrected chi connectivity index (χ4v) is 2.77. The van der Waals surface area contributed by atoms with Crippen LogP contribution in [0, 0.1) is 5.92 Å². The van der Waals surface area contributed by atoms with Gasteiger partial charge in [0.25, 0.3) is 5.91 Å². The lowest BCUT2D eigenvalue weighted by Crippen LogP contribution is -2.41. The van der Waals surface area contributed by atoms with Gasteiger partial charge in [-0.25, -0.2) is 5.84 Å². The maximum absolute atomic E-state index is 11.3. The third-order valence-corrected chi connectivity index (χ3v) is 3.97. The van der Waals surface area contributed by atoms with E-state index in [9.17, 15) is 4.79 Å². The van der Waals surface area contributed by atoms with Crippen molar-refractivity contribution in [2.24, 2.45) is 11.8 Å². The van der Waals surface area contributed by atoms with Crippen molar-refractivity contribution in [3.63, 3.8) is 0 Å².